The fourth-order valence-corrected chi connectivity index (χ4v) is 2.15. The molecule has 1 unspecified atom stereocenters. The van der Waals surface area contributed by atoms with Crippen molar-refractivity contribution < 1.29 is 4.52 Å². The second-order valence-corrected chi connectivity index (χ2v) is 4.62. The van der Waals surface area contributed by atoms with Crippen LogP contribution in [0.2, 0.25) is 0 Å². The minimum Gasteiger partial charge on any atom is -0.339 e. The van der Waals surface area contributed by atoms with E-state index in [1.165, 1.54) is 19.3 Å². The Labute approximate surface area is 96.8 Å². The quantitative estimate of drug-likeness (QED) is 0.829. The van der Waals surface area contributed by atoms with Crippen LogP contribution in [0.4, 0.5) is 0 Å². The minimum atomic E-state index is 0.674. The van der Waals surface area contributed by atoms with Crippen molar-refractivity contribution in [2.45, 2.75) is 45.4 Å². The number of piperidine rings is 1. The summed E-state index contributed by atoms with van der Waals surface area (Å²) >= 11 is 0. The predicted molar refractivity (Wildman–Crippen MR) is 62.2 cm³/mol. The van der Waals surface area contributed by atoms with Gasteiger partial charge >= 0.3 is 0 Å². The van der Waals surface area contributed by atoms with Gasteiger partial charge in [0.25, 0.3) is 0 Å². The molecule has 1 aromatic rings. The van der Waals surface area contributed by atoms with Crippen molar-refractivity contribution >= 4 is 0 Å². The van der Waals surface area contributed by atoms with Crippen molar-refractivity contribution in [1.29, 1.82) is 0 Å². The molecule has 90 valence electrons. The molecule has 0 saturated carbocycles. The summed E-state index contributed by atoms with van der Waals surface area (Å²) in [5, 5.41) is 7.42. The highest BCUT2D eigenvalue weighted by Crippen LogP contribution is 2.15. The second-order valence-electron chi connectivity index (χ2n) is 4.62. The lowest BCUT2D eigenvalue weighted by Gasteiger charge is -2.20. The van der Waals surface area contributed by atoms with E-state index in [0.29, 0.717) is 5.92 Å². The van der Waals surface area contributed by atoms with Crippen LogP contribution in [0, 0.1) is 5.92 Å². The third kappa shape index (κ3) is 3.30. The molecule has 0 aromatic carbocycles. The van der Waals surface area contributed by atoms with Crippen molar-refractivity contribution in [3.05, 3.63) is 11.7 Å². The number of aryl methyl sites for hydroxylation is 1. The number of rotatable bonds is 5. The largest absolute Gasteiger partial charge is 0.339 e. The van der Waals surface area contributed by atoms with Crippen molar-refractivity contribution in [1.82, 2.24) is 15.5 Å². The highest BCUT2D eigenvalue weighted by molar-refractivity contribution is 4.89. The first kappa shape index (κ1) is 11.6. The van der Waals surface area contributed by atoms with Crippen LogP contribution in [0.3, 0.4) is 0 Å². The number of hydrogen-bond donors (Lipinski definition) is 1. The van der Waals surface area contributed by atoms with Crippen LogP contribution in [0.25, 0.3) is 0 Å². The number of aromatic nitrogens is 2. The van der Waals surface area contributed by atoms with Gasteiger partial charge in [-0.05, 0) is 38.3 Å². The van der Waals surface area contributed by atoms with Gasteiger partial charge in [-0.15, -0.1) is 0 Å². The molecule has 1 aromatic heterocycles. The zero-order chi connectivity index (χ0) is 11.2. The Morgan fingerprint density at radius 2 is 2.44 bits per heavy atom. The average Bonchev–Trinajstić information content (AvgIpc) is 2.75. The average molecular weight is 223 g/mol. The Kier molecular flexibility index (Phi) is 4.34. The standard InChI is InChI=1S/C12H21N3O/c1-2-3-6-11-14-12(16-15-11)8-10-5-4-7-13-9-10/h10,13H,2-9H2,1H3. The van der Waals surface area contributed by atoms with E-state index in [-0.39, 0.29) is 0 Å². The van der Waals surface area contributed by atoms with Crippen LogP contribution in [-0.4, -0.2) is 23.2 Å². The first-order chi connectivity index (χ1) is 7.88. The lowest BCUT2D eigenvalue weighted by Crippen LogP contribution is -2.30. The van der Waals surface area contributed by atoms with Gasteiger partial charge in [0.2, 0.25) is 5.89 Å². The van der Waals surface area contributed by atoms with Gasteiger partial charge in [0, 0.05) is 12.8 Å². The number of nitrogens with one attached hydrogen (secondary N) is 1. The molecule has 1 fully saturated rings. The summed E-state index contributed by atoms with van der Waals surface area (Å²) in [6, 6.07) is 0. The van der Waals surface area contributed by atoms with Gasteiger partial charge < -0.3 is 9.84 Å². The van der Waals surface area contributed by atoms with Crippen molar-refractivity contribution in [2.75, 3.05) is 13.1 Å². The van der Waals surface area contributed by atoms with E-state index in [4.69, 9.17) is 4.52 Å². The Morgan fingerprint density at radius 3 is 3.19 bits per heavy atom. The highest BCUT2D eigenvalue weighted by atomic mass is 16.5. The van der Waals surface area contributed by atoms with E-state index in [0.717, 1.165) is 44.1 Å². The van der Waals surface area contributed by atoms with Gasteiger partial charge in [-0.25, -0.2) is 0 Å². The topological polar surface area (TPSA) is 51.0 Å². The zero-order valence-electron chi connectivity index (χ0n) is 10.0. The van der Waals surface area contributed by atoms with Gasteiger partial charge in [-0.1, -0.05) is 18.5 Å². The molecule has 1 aliphatic rings. The molecule has 0 amide bonds. The molecule has 0 radical (unpaired) electrons. The lowest BCUT2D eigenvalue weighted by atomic mass is 9.96. The smallest absolute Gasteiger partial charge is 0.226 e. The number of hydrogen-bond acceptors (Lipinski definition) is 4. The van der Waals surface area contributed by atoms with E-state index in [2.05, 4.69) is 22.4 Å². The molecular weight excluding hydrogens is 202 g/mol. The van der Waals surface area contributed by atoms with Crippen molar-refractivity contribution in [3.8, 4) is 0 Å². The Morgan fingerprint density at radius 1 is 1.50 bits per heavy atom. The summed E-state index contributed by atoms with van der Waals surface area (Å²) in [4.78, 5) is 4.44. The van der Waals surface area contributed by atoms with Crippen molar-refractivity contribution in [3.63, 3.8) is 0 Å². The molecule has 0 spiro atoms. The fourth-order valence-electron chi connectivity index (χ4n) is 2.15. The molecular formula is C12H21N3O. The summed E-state index contributed by atoms with van der Waals surface area (Å²) in [6.45, 7) is 4.42. The molecule has 1 atom stereocenters. The zero-order valence-corrected chi connectivity index (χ0v) is 10.0. The summed E-state index contributed by atoms with van der Waals surface area (Å²) in [5.41, 5.74) is 0. The van der Waals surface area contributed by atoms with Gasteiger partial charge in [-0.3, -0.25) is 0 Å². The highest BCUT2D eigenvalue weighted by Gasteiger charge is 2.16. The Hall–Kier alpha value is -0.900. The van der Waals surface area contributed by atoms with E-state index in [1.54, 1.807) is 0 Å². The molecule has 16 heavy (non-hydrogen) atoms. The third-order valence-electron chi connectivity index (χ3n) is 3.13. The summed E-state index contributed by atoms with van der Waals surface area (Å²) in [7, 11) is 0. The Balaban J connectivity index is 1.81. The van der Waals surface area contributed by atoms with Crippen LogP contribution < -0.4 is 5.32 Å². The van der Waals surface area contributed by atoms with E-state index in [9.17, 15) is 0 Å². The number of nitrogens with zero attached hydrogens (tertiary/aromatic N) is 2. The maximum atomic E-state index is 5.28. The maximum Gasteiger partial charge on any atom is 0.226 e. The number of unbranched alkanes of at least 4 members (excludes halogenated alkanes) is 1. The first-order valence-corrected chi connectivity index (χ1v) is 6.40. The van der Waals surface area contributed by atoms with E-state index >= 15 is 0 Å². The summed E-state index contributed by atoms with van der Waals surface area (Å²) in [6.07, 6.45) is 6.75. The molecule has 1 aliphatic heterocycles. The third-order valence-corrected chi connectivity index (χ3v) is 3.13. The van der Waals surface area contributed by atoms with E-state index < -0.39 is 0 Å². The molecule has 4 nitrogen and oxygen atoms in total. The molecule has 4 heteroatoms. The molecule has 0 bridgehead atoms. The SMILES string of the molecule is CCCCc1noc(CC2CCCNC2)n1. The van der Waals surface area contributed by atoms with Crippen LogP contribution in [-0.2, 0) is 12.8 Å². The predicted octanol–water partition coefficient (Wildman–Crippen LogP) is 1.95. The van der Waals surface area contributed by atoms with Crippen molar-refractivity contribution in [2.24, 2.45) is 5.92 Å². The molecule has 2 rings (SSSR count). The summed E-state index contributed by atoms with van der Waals surface area (Å²) < 4.78 is 5.28. The monoisotopic (exact) mass is 223 g/mol. The molecule has 1 N–H and O–H groups in total. The summed E-state index contributed by atoms with van der Waals surface area (Å²) in [5.74, 6) is 2.37. The van der Waals surface area contributed by atoms with Gasteiger partial charge in [0.05, 0.1) is 0 Å². The molecule has 0 aliphatic carbocycles. The maximum absolute atomic E-state index is 5.28. The Bertz CT molecular complexity index is 305. The second kappa shape index (κ2) is 5.99. The van der Waals surface area contributed by atoms with E-state index in [1.807, 2.05) is 0 Å². The molecule has 2 heterocycles. The van der Waals surface area contributed by atoms with Crippen LogP contribution in [0.1, 0.15) is 44.3 Å². The lowest BCUT2D eigenvalue weighted by molar-refractivity contribution is 0.314. The first-order valence-electron chi connectivity index (χ1n) is 6.40. The van der Waals surface area contributed by atoms with Gasteiger partial charge in [0.15, 0.2) is 5.82 Å². The van der Waals surface area contributed by atoms with Crippen LogP contribution >= 0.6 is 0 Å². The molecule has 1 saturated heterocycles. The van der Waals surface area contributed by atoms with Gasteiger partial charge in [-0.2, -0.15) is 4.98 Å². The normalized spacial score (nSPS) is 21.2. The fraction of sp³-hybridized carbons (Fsp3) is 0.833. The van der Waals surface area contributed by atoms with Gasteiger partial charge in [0.1, 0.15) is 0 Å². The minimum absolute atomic E-state index is 0.674. The van der Waals surface area contributed by atoms with Crippen LogP contribution in [0.5, 0.6) is 0 Å². The van der Waals surface area contributed by atoms with Crippen LogP contribution in [0.15, 0.2) is 4.52 Å².